The predicted molar refractivity (Wildman–Crippen MR) is 81.4 cm³/mol. The standard InChI is InChI=1S/C15H29N5/c1-14(2,3)11-19-8-6-12(7-9-19)20-10-13(17-18-20)15(4,5)16/h10,12H,6-9,11,16H2,1-5H3. The summed E-state index contributed by atoms with van der Waals surface area (Å²) in [6.07, 6.45) is 4.30. The summed E-state index contributed by atoms with van der Waals surface area (Å²) in [7, 11) is 0. The van der Waals surface area contributed by atoms with Crippen LogP contribution in [-0.4, -0.2) is 39.5 Å². The third kappa shape index (κ3) is 4.03. The molecule has 0 spiro atoms. The van der Waals surface area contributed by atoms with Crippen molar-refractivity contribution < 1.29 is 0 Å². The van der Waals surface area contributed by atoms with Gasteiger partial charge in [-0.25, -0.2) is 4.68 Å². The highest BCUT2D eigenvalue weighted by Gasteiger charge is 2.26. The maximum Gasteiger partial charge on any atom is 0.102 e. The first-order valence-electron chi connectivity index (χ1n) is 7.59. The highest BCUT2D eigenvalue weighted by molar-refractivity contribution is 5.06. The first kappa shape index (κ1) is 15.4. The molecule has 20 heavy (non-hydrogen) atoms. The molecule has 0 amide bonds. The lowest BCUT2D eigenvalue weighted by molar-refractivity contribution is 0.134. The second kappa shape index (κ2) is 5.45. The lowest BCUT2D eigenvalue weighted by Crippen LogP contribution is -2.39. The molecule has 0 aliphatic carbocycles. The van der Waals surface area contributed by atoms with E-state index in [1.807, 2.05) is 24.7 Å². The van der Waals surface area contributed by atoms with Crippen LogP contribution in [0.25, 0.3) is 0 Å². The summed E-state index contributed by atoms with van der Waals surface area (Å²) in [6.45, 7) is 14.3. The Morgan fingerprint density at radius 1 is 1.20 bits per heavy atom. The van der Waals surface area contributed by atoms with Crippen molar-refractivity contribution in [1.29, 1.82) is 0 Å². The van der Waals surface area contributed by atoms with Gasteiger partial charge in [-0.3, -0.25) is 0 Å². The Morgan fingerprint density at radius 2 is 1.80 bits per heavy atom. The Hall–Kier alpha value is -0.940. The highest BCUT2D eigenvalue weighted by atomic mass is 15.4. The van der Waals surface area contributed by atoms with E-state index in [-0.39, 0.29) is 0 Å². The number of piperidine rings is 1. The Balaban J connectivity index is 1.92. The molecule has 0 aromatic carbocycles. The van der Waals surface area contributed by atoms with Gasteiger partial charge in [0.1, 0.15) is 5.69 Å². The Labute approximate surface area is 122 Å². The minimum absolute atomic E-state index is 0.372. The van der Waals surface area contributed by atoms with Crippen LogP contribution in [0.15, 0.2) is 6.20 Å². The lowest BCUT2D eigenvalue weighted by atomic mass is 9.94. The zero-order valence-electron chi connectivity index (χ0n) is 13.6. The van der Waals surface area contributed by atoms with Crippen molar-refractivity contribution >= 4 is 0 Å². The number of hydrogen-bond acceptors (Lipinski definition) is 4. The fourth-order valence-corrected chi connectivity index (χ4v) is 2.76. The van der Waals surface area contributed by atoms with Gasteiger partial charge in [0.05, 0.1) is 17.8 Å². The van der Waals surface area contributed by atoms with E-state index in [2.05, 4.69) is 36.0 Å². The summed E-state index contributed by atoms with van der Waals surface area (Å²) in [5.41, 5.74) is 6.90. The topological polar surface area (TPSA) is 60.0 Å². The van der Waals surface area contributed by atoms with Gasteiger partial charge in [0.15, 0.2) is 0 Å². The number of hydrogen-bond donors (Lipinski definition) is 1. The molecule has 0 saturated carbocycles. The van der Waals surface area contributed by atoms with Crippen molar-refractivity contribution in [2.24, 2.45) is 11.1 Å². The van der Waals surface area contributed by atoms with Crippen molar-refractivity contribution in [2.45, 2.75) is 59.0 Å². The summed E-state index contributed by atoms with van der Waals surface area (Å²) >= 11 is 0. The first-order valence-corrected chi connectivity index (χ1v) is 7.59. The van der Waals surface area contributed by atoms with Gasteiger partial charge in [0, 0.05) is 19.6 Å². The molecule has 0 atom stereocenters. The fraction of sp³-hybridized carbons (Fsp3) is 0.867. The van der Waals surface area contributed by atoms with Crippen molar-refractivity contribution in [3.8, 4) is 0 Å². The van der Waals surface area contributed by atoms with Gasteiger partial charge in [-0.2, -0.15) is 0 Å². The molecule has 5 heteroatoms. The third-order valence-corrected chi connectivity index (χ3v) is 3.80. The molecular weight excluding hydrogens is 250 g/mol. The summed E-state index contributed by atoms with van der Waals surface area (Å²) in [5, 5.41) is 8.49. The summed E-state index contributed by atoms with van der Waals surface area (Å²) in [4.78, 5) is 2.56. The van der Waals surface area contributed by atoms with E-state index >= 15 is 0 Å². The van der Waals surface area contributed by atoms with Gasteiger partial charge < -0.3 is 10.6 Å². The minimum atomic E-state index is -0.412. The van der Waals surface area contributed by atoms with Crippen LogP contribution in [0.1, 0.15) is 59.2 Å². The molecule has 114 valence electrons. The number of rotatable bonds is 3. The SMILES string of the molecule is CC(C)(C)CN1CCC(n2cc(C(C)(C)N)nn2)CC1. The molecule has 1 aliphatic rings. The van der Waals surface area contributed by atoms with Gasteiger partial charge in [-0.15, -0.1) is 5.10 Å². The lowest BCUT2D eigenvalue weighted by Gasteiger charge is -2.35. The smallest absolute Gasteiger partial charge is 0.102 e. The van der Waals surface area contributed by atoms with Gasteiger partial charge in [0.2, 0.25) is 0 Å². The molecule has 2 heterocycles. The summed E-state index contributed by atoms with van der Waals surface area (Å²) < 4.78 is 2.01. The van der Waals surface area contributed by atoms with Crippen LogP contribution >= 0.6 is 0 Å². The zero-order chi connectivity index (χ0) is 15.0. The van der Waals surface area contributed by atoms with E-state index in [0.29, 0.717) is 11.5 Å². The van der Waals surface area contributed by atoms with E-state index < -0.39 is 5.54 Å². The van der Waals surface area contributed by atoms with Gasteiger partial charge in [-0.05, 0) is 32.1 Å². The molecular formula is C15H29N5. The van der Waals surface area contributed by atoms with Crippen molar-refractivity contribution in [3.05, 3.63) is 11.9 Å². The van der Waals surface area contributed by atoms with Crippen LogP contribution in [0.3, 0.4) is 0 Å². The molecule has 0 unspecified atom stereocenters. The second-order valence-electron chi connectivity index (χ2n) is 7.87. The molecule has 1 aromatic rings. The molecule has 1 aromatic heterocycles. The van der Waals surface area contributed by atoms with E-state index in [1.54, 1.807) is 0 Å². The van der Waals surface area contributed by atoms with Crippen LogP contribution in [0, 0.1) is 5.41 Å². The number of likely N-dealkylation sites (tertiary alicyclic amines) is 1. The quantitative estimate of drug-likeness (QED) is 0.921. The Bertz CT molecular complexity index is 430. The number of nitrogens with two attached hydrogens (primary N) is 1. The fourth-order valence-electron chi connectivity index (χ4n) is 2.76. The van der Waals surface area contributed by atoms with E-state index in [4.69, 9.17) is 5.73 Å². The minimum Gasteiger partial charge on any atom is -0.320 e. The van der Waals surface area contributed by atoms with Crippen molar-refractivity contribution in [2.75, 3.05) is 19.6 Å². The molecule has 0 radical (unpaired) electrons. The van der Waals surface area contributed by atoms with Crippen molar-refractivity contribution in [1.82, 2.24) is 19.9 Å². The normalized spacial score (nSPS) is 19.5. The maximum absolute atomic E-state index is 6.07. The molecule has 1 aliphatic heterocycles. The average molecular weight is 279 g/mol. The zero-order valence-corrected chi connectivity index (χ0v) is 13.6. The maximum atomic E-state index is 6.07. The molecule has 2 N–H and O–H groups in total. The largest absolute Gasteiger partial charge is 0.320 e. The molecule has 1 saturated heterocycles. The number of nitrogens with zero attached hydrogens (tertiary/aromatic N) is 4. The first-order chi connectivity index (χ1) is 9.15. The summed E-state index contributed by atoms with van der Waals surface area (Å²) in [5.74, 6) is 0. The van der Waals surface area contributed by atoms with Crippen LogP contribution in [0.2, 0.25) is 0 Å². The number of aromatic nitrogens is 3. The average Bonchev–Trinajstić information content (AvgIpc) is 2.76. The van der Waals surface area contributed by atoms with Gasteiger partial charge >= 0.3 is 0 Å². The van der Waals surface area contributed by atoms with Crippen LogP contribution < -0.4 is 5.73 Å². The van der Waals surface area contributed by atoms with E-state index in [9.17, 15) is 0 Å². The molecule has 1 fully saturated rings. The van der Waals surface area contributed by atoms with Crippen LogP contribution in [0.4, 0.5) is 0 Å². The van der Waals surface area contributed by atoms with Gasteiger partial charge in [-0.1, -0.05) is 26.0 Å². The van der Waals surface area contributed by atoms with E-state index in [1.165, 1.54) is 0 Å². The Kier molecular flexibility index (Phi) is 4.21. The monoisotopic (exact) mass is 279 g/mol. The van der Waals surface area contributed by atoms with Crippen LogP contribution in [-0.2, 0) is 5.54 Å². The van der Waals surface area contributed by atoms with E-state index in [0.717, 1.165) is 38.2 Å². The predicted octanol–water partition coefficient (Wildman–Crippen LogP) is 2.15. The molecule has 5 nitrogen and oxygen atoms in total. The van der Waals surface area contributed by atoms with Crippen LogP contribution in [0.5, 0.6) is 0 Å². The third-order valence-electron chi connectivity index (χ3n) is 3.80. The Morgan fingerprint density at radius 3 is 2.25 bits per heavy atom. The highest BCUT2D eigenvalue weighted by Crippen LogP contribution is 2.25. The van der Waals surface area contributed by atoms with Crippen molar-refractivity contribution in [3.63, 3.8) is 0 Å². The summed E-state index contributed by atoms with van der Waals surface area (Å²) in [6, 6.07) is 0.467. The second-order valence-corrected chi connectivity index (χ2v) is 7.87. The van der Waals surface area contributed by atoms with Gasteiger partial charge in [0.25, 0.3) is 0 Å². The molecule has 2 rings (SSSR count). The molecule has 0 bridgehead atoms.